The standard InChI is InChI=1S/C23H26O4/c1-3-4-9-22(24)27-21-14-19(13-20(15-21)23(25)26-2)18-11-10-16-7-5-6-8-17(16)12-18/h5-8,10-13,20-21H,3-4,9,14-15H2,1-2H3/t20-,21+/m1/s1. The molecular weight excluding hydrogens is 340 g/mol. The maximum absolute atomic E-state index is 12.2. The lowest BCUT2D eigenvalue weighted by molar-refractivity contribution is -0.153. The number of hydrogen-bond acceptors (Lipinski definition) is 4. The van der Waals surface area contributed by atoms with Crippen LogP contribution in [0.2, 0.25) is 0 Å². The highest BCUT2D eigenvalue weighted by molar-refractivity contribution is 5.87. The molecule has 0 aliphatic heterocycles. The lowest BCUT2D eigenvalue weighted by Gasteiger charge is -2.27. The van der Waals surface area contributed by atoms with Gasteiger partial charge in [0.05, 0.1) is 13.0 Å². The van der Waals surface area contributed by atoms with Gasteiger partial charge in [-0.15, -0.1) is 0 Å². The van der Waals surface area contributed by atoms with Gasteiger partial charge in [-0.25, -0.2) is 0 Å². The number of carbonyl (C=O) groups is 2. The van der Waals surface area contributed by atoms with E-state index in [0.29, 0.717) is 19.3 Å². The van der Waals surface area contributed by atoms with Crippen LogP contribution in [0.5, 0.6) is 0 Å². The normalized spacial score (nSPS) is 19.4. The minimum Gasteiger partial charge on any atom is -0.469 e. The van der Waals surface area contributed by atoms with Crippen molar-refractivity contribution in [2.45, 2.75) is 45.1 Å². The third-order valence-corrected chi connectivity index (χ3v) is 5.02. The molecular formula is C23H26O4. The number of unbranched alkanes of at least 4 members (excludes halogenated alkanes) is 1. The molecule has 0 saturated carbocycles. The Morgan fingerprint density at radius 1 is 1.11 bits per heavy atom. The first-order chi connectivity index (χ1) is 13.1. The Morgan fingerprint density at radius 3 is 2.63 bits per heavy atom. The fourth-order valence-corrected chi connectivity index (χ4v) is 3.57. The molecule has 2 aromatic rings. The summed E-state index contributed by atoms with van der Waals surface area (Å²) in [5.41, 5.74) is 2.08. The van der Waals surface area contributed by atoms with Crippen LogP contribution in [0, 0.1) is 5.92 Å². The van der Waals surface area contributed by atoms with Crippen molar-refractivity contribution >= 4 is 28.3 Å². The highest BCUT2D eigenvalue weighted by Crippen LogP contribution is 2.34. The molecule has 142 valence electrons. The van der Waals surface area contributed by atoms with E-state index in [0.717, 1.165) is 29.4 Å². The number of hydrogen-bond donors (Lipinski definition) is 0. The molecule has 0 heterocycles. The number of fused-ring (bicyclic) bond motifs is 1. The first kappa shape index (κ1) is 19.2. The van der Waals surface area contributed by atoms with Gasteiger partial charge < -0.3 is 9.47 Å². The molecule has 4 nitrogen and oxygen atoms in total. The van der Waals surface area contributed by atoms with Gasteiger partial charge in [0, 0.05) is 19.3 Å². The van der Waals surface area contributed by atoms with Crippen LogP contribution in [-0.4, -0.2) is 25.2 Å². The van der Waals surface area contributed by atoms with Crippen molar-refractivity contribution in [3.63, 3.8) is 0 Å². The zero-order valence-electron chi connectivity index (χ0n) is 15.9. The van der Waals surface area contributed by atoms with Crippen LogP contribution in [0.4, 0.5) is 0 Å². The van der Waals surface area contributed by atoms with E-state index in [2.05, 4.69) is 30.3 Å². The number of esters is 2. The molecule has 0 saturated heterocycles. The van der Waals surface area contributed by atoms with Crippen LogP contribution in [0.3, 0.4) is 0 Å². The maximum Gasteiger partial charge on any atom is 0.312 e. The van der Waals surface area contributed by atoms with Crippen molar-refractivity contribution < 1.29 is 19.1 Å². The highest BCUT2D eigenvalue weighted by atomic mass is 16.5. The minimum absolute atomic E-state index is 0.190. The van der Waals surface area contributed by atoms with E-state index in [-0.39, 0.29) is 18.0 Å². The minimum atomic E-state index is -0.394. The molecule has 0 amide bonds. The Balaban J connectivity index is 1.85. The Kier molecular flexibility index (Phi) is 6.28. The predicted octanol–water partition coefficient (Wildman–Crippen LogP) is 4.91. The predicted molar refractivity (Wildman–Crippen MR) is 106 cm³/mol. The molecule has 4 heteroatoms. The second-order valence-electron chi connectivity index (χ2n) is 7.04. The smallest absolute Gasteiger partial charge is 0.312 e. The fraction of sp³-hybridized carbons (Fsp3) is 0.391. The fourth-order valence-electron chi connectivity index (χ4n) is 3.57. The van der Waals surface area contributed by atoms with Gasteiger partial charge in [0.1, 0.15) is 6.10 Å². The summed E-state index contributed by atoms with van der Waals surface area (Å²) in [5, 5.41) is 2.32. The van der Waals surface area contributed by atoms with E-state index in [1.54, 1.807) is 0 Å². The monoisotopic (exact) mass is 366 g/mol. The van der Waals surface area contributed by atoms with Gasteiger partial charge in [-0.2, -0.15) is 0 Å². The Hall–Kier alpha value is -2.62. The maximum atomic E-state index is 12.2. The van der Waals surface area contributed by atoms with Crippen molar-refractivity contribution in [1.29, 1.82) is 0 Å². The van der Waals surface area contributed by atoms with Gasteiger partial charge in [0.25, 0.3) is 0 Å². The quantitative estimate of drug-likeness (QED) is 0.682. The summed E-state index contributed by atoms with van der Waals surface area (Å²) in [6, 6.07) is 14.4. The van der Waals surface area contributed by atoms with Crippen molar-refractivity contribution in [3.8, 4) is 0 Å². The van der Waals surface area contributed by atoms with Gasteiger partial charge in [0.2, 0.25) is 0 Å². The second-order valence-corrected chi connectivity index (χ2v) is 7.04. The van der Waals surface area contributed by atoms with E-state index in [1.807, 2.05) is 25.1 Å². The summed E-state index contributed by atoms with van der Waals surface area (Å²) < 4.78 is 10.6. The van der Waals surface area contributed by atoms with Crippen LogP contribution >= 0.6 is 0 Å². The second kappa shape index (κ2) is 8.85. The average molecular weight is 366 g/mol. The Labute approximate surface area is 160 Å². The van der Waals surface area contributed by atoms with Crippen LogP contribution in [0.1, 0.15) is 44.6 Å². The van der Waals surface area contributed by atoms with Gasteiger partial charge in [-0.3, -0.25) is 9.59 Å². The van der Waals surface area contributed by atoms with E-state index in [4.69, 9.17) is 9.47 Å². The average Bonchev–Trinajstić information content (AvgIpc) is 2.71. The van der Waals surface area contributed by atoms with E-state index >= 15 is 0 Å². The van der Waals surface area contributed by atoms with Crippen LogP contribution in [-0.2, 0) is 19.1 Å². The number of benzene rings is 2. The molecule has 2 aromatic carbocycles. The van der Waals surface area contributed by atoms with Gasteiger partial charge in [-0.1, -0.05) is 55.8 Å². The van der Waals surface area contributed by atoms with Crippen molar-refractivity contribution in [1.82, 2.24) is 0 Å². The molecule has 0 aromatic heterocycles. The third kappa shape index (κ3) is 4.76. The number of methoxy groups -OCH3 is 1. The Bertz CT molecular complexity index is 852. The molecule has 1 aliphatic carbocycles. The molecule has 3 rings (SSSR count). The third-order valence-electron chi connectivity index (χ3n) is 5.02. The zero-order valence-corrected chi connectivity index (χ0v) is 15.9. The molecule has 0 bridgehead atoms. The summed E-state index contributed by atoms with van der Waals surface area (Å²) in [5.74, 6) is -0.873. The molecule has 0 unspecified atom stereocenters. The largest absolute Gasteiger partial charge is 0.469 e. The summed E-state index contributed by atoms with van der Waals surface area (Å²) in [6.07, 6.45) is 4.94. The van der Waals surface area contributed by atoms with E-state index < -0.39 is 5.92 Å². The molecule has 0 fully saturated rings. The molecule has 0 radical (unpaired) electrons. The van der Waals surface area contributed by atoms with Gasteiger partial charge in [0.15, 0.2) is 0 Å². The number of ether oxygens (including phenoxy) is 2. The summed E-state index contributed by atoms with van der Waals surface area (Å²) in [7, 11) is 1.39. The van der Waals surface area contributed by atoms with Crippen LogP contribution in [0.15, 0.2) is 48.5 Å². The van der Waals surface area contributed by atoms with Crippen molar-refractivity contribution in [2.75, 3.05) is 7.11 Å². The molecule has 0 N–H and O–H groups in total. The molecule has 1 aliphatic rings. The zero-order chi connectivity index (χ0) is 19.2. The number of carbonyl (C=O) groups excluding carboxylic acids is 2. The van der Waals surface area contributed by atoms with Gasteiger partial charge in [-0.05, 0) is 34.4 Å². The topological polar surface area (TPSA) is 52.6 Å². The highest BCUT2D eigenvalue weighted by Gasteiger charge is 2.30. The molecule has 0 spiro atoms. The SMILES string of the molecule is CCCCC(=O)O[C@H]1CC(c2ccc3ccccc3c2)=C[C@@H](C(=O)OC)C1. The van der Waals surface area contributed by atoms with Crippen LogP contribution in [0.25, 0.3) is 16.3 Å². The summed E-state index contributed by atoms with van der Waals surface area (Å²) in [6.45, 7) is 2.04. The number of rotatable bonds is 6. The van der Waals surface area contributed by atoms with Gasteiger partial charge >= 0.3 is 11.9 Å². The van der Waals surface area contributed by atoms with Crippen molar-refractivity contribution in [3.05, 3.63) is 54.1 Å². The van der Waals surface area contributed by atoms with Crippen LogP contribution < -0.4 is 0 Å². The summed E-state index contributed by atoms with van der Waals surface area (Å²) >= 11 is 0. The van der Waals surface area contributed by atoms with E-state index in [1.165, 1.54) is 12.5 Å². The molecule has 27 heavy (non-hydrogen) atoms. The lowest BCUT2D eigenvalue weighted by atomic mass is 9.84. The van der Waals surface area contributed by atoms with E-state index in [9.17, 15) is 9.59 Å². The summed E-state index contributed by atoms with van der Waals surface area (Å²) in [4.78, 5) is 24.2. The first-order valence-electron chi connectivity index (χ1n) is 9.58. The Morgan fingerprint density at radius 2 is 1.89 bits per heavy atom. The molecule has 2 atom stereocenters. The van der Waals surface area contributed by atoms with Crippen molar-refractivity contribution in [2.24, 2.45) is 5.92 Å². The first-order valence-corrected chi connectivity index (χ1v) is 9.58. The lowest BCUT2D eigenvalue weighted by Crippen LogP contribution is -2.29.